The highest BCUT2D eigenvalue weighted by molar-refractivity contribution is 8.23. The Morgan fingerprint density at radius 3 is 1.87 bits per heavy atom. The van der Waals surface area contributed by atoms with Gasteiger partial charge in [-0.15, -0.1) is 0 Å². The van der Waals surface area contributed by atoms with Crippen LogP contribution in [-0.2, 0) is 9.59 Å². The lowest BCUT2D eigenvalue weighted by molar-refractivity contribution is -0.134. The van der Waals surface area contributed by atoms with E-state index in [0.717, 1.165) is 24.6 Å². The Morgan fingerprint density at radius 2 is 1.39 bits per heavy atom. The number of aliphatic carboxylic acids is 1. The lowest BCUT2D eigenvalue weighted by Crippen LogP contribution is -2.27. The first-order valence-corrected chi connectivity index (χ1v) is 10.1. The minimum absolute atomic E-state index is 0.108. The van der Waals surface area contributed by atoms with Crippen molar-refractivity contribution in [2.24, 2.45) is 0 Å². The number of carboxylic acid groups (broad SMARTS) is 1. The summed E-state index contributed by atoms with van der Waals surface area (Å²) >= 11 is 5.88. The Balaban J connectivity index is 3.32. The number of carbonyl (C=O) groups excluding carboxylic acids is 1. The van der Waals surface area contributed by atoms with Gasteiger partial charge in [-0.3, -0.25) is 9.59 Å². The van der Waals surface area contributed by atoms with Crippen LogP contribution < -0.4 is 5.32 Å². The third-order valence-electron chi connectivity index (χ3n) is 3.58. The van der Waals surface area contributed by atoms with Gasteiger partial charge in [0.2, 0.25) is 5.91 Å². The number of thioether (sulfide) groups is 1. The van der Waals surface area contributed by atoms with E-state index in [2.05, 4.69) is 12.2 Å². The molecular formula is C17H31NO3S2. The highest BCUT2D eigenvalue weighted by atomic mass is 32.2. The van der Waals surface area contributed by atoms with Crippen LogP contribution in [0, 0.1) is 0 Å². The van der Waals surface area contributed by atoms with Crippen LogP contribution in [0.5, 0.6) is 0 Å². The van der Waals surface area contributed by atoms with Crippen molar-refractivity contribution in [3.63, 3.8) is 0 Å². The van der Waals surface area contributed by atoms with E-state index in [9.17, 15) is 9.59 Å². The van der Waals surface area contributed by atoms with Gasteiger partial charge in [-0.2, -0.15) is 0 Å². The van der Waals surface area contributed by atoms with E-state index >= 15 is 0 Å². The van der Waals surface area contributed by atoms with Gasteiger partial charge in [0.15, 0.2) is 0 Å². The Bertz CT molecular complexity index is 349. The van der Waals surface area contributed by atoms with Crippen LogP contribution in [0.3, 0.4) is 0 Å². The van der Waals surface area contributed by atoms with Gasteiger partial charge in [-0.1, -0.05) is 95.1 Å². The number of carboxylic acids is 1. The first-order valence-electron chi connectivity index (χ1n) is 8.74. The van der Waals surface area contributed by atoms with Crippen molar-refractivity contribution < 1.29 is 14.7 Å². The lowest BCUT2D eigenvalue weighted by Gasteiger charge is -2.05. The number of nitrogens with one attached hydrogen (secondary N) is 1. The molecule has 0 aromatic heterocycles. The maximum atomic E-state index is 11.6. The van der Waals surface area contributed by atoms with E-state index < -0.39 is 5.97 Å². The van der Waals surface area contributed by atoms with Crippen molar-refractivity contribution in [1.29, 1.82) is 0 Å². The molecule has 0 fully saturated rings. The van der Waals surface area contributed by atoms with E-state index in [1.165, 1.54) is 57.8 Å². The van der Waals surface area contributed by atoms with Crippen LogP contribution in [0.4, 0.5) is 0 Å². The van der Waals surface area contributed by atoms with E-state index in [1.54, 1.807) is 0 Å². The molecule has 0 aliphatic heterocycles. The molecule has 0 aromatic rings. The number of thiocarbonyl (C=S) groups is 1. The largest absolute Gasteiger partial charge is 0.481 e. The number of unbranched alkanes of at least 4 members (excludes halogenated alkanes) is 10. The normalized spacial score (nSPS) is 10.5. The summed E-state index contributed by atoms with van der Waals surface area (Å²) in [5, 5.41) is 11.1. The zero-order valence-corrected chi connectivity index (χ0v) is 15.9. The fourth-order valence-electron chi connectivity index (χ4n) is 2.29. The fraction of sp³-hybridized carbons (Fsp3) is 0.824. The minimum atomic E-state index is -0.933. The average Bonchev–Trinajstić information content (AvgIpc) is 2.50. The molecule has 1 amide bonds. The Kier molecular flexibility index (Phi) is 15.8. The molecule has 0 aromatic carbocycles. The highest BCUT2D eigenvalue weighted by Gasteiger charge is 2.06. The van der Waals surface area contributed by atoms with Crippen LogP contribution >= 0.6 is 24.0 Å². The topological polar surface area (TPSA) is 66.4 Å². The summed E-state index contributed by atoms with van der Waals surface area (Å²) in [4.78, 5) is 22.0. The van der Waals surface area contributed by atoms with Crippen LogP contribution in [0.2, 0.25) is 0 Å². The van der Waals surface area contributed by atoms with Crippen molar-refractivity contribution in [2.75, 3.05) is 5.75 Å². The van der Waals surface area contributed by atoms with E-state index in [0.29, 0.717) is 6.42 Å². The molecule has 4 nitrogen and oxygen atoms in total. The van der Waals surface area contributed by atoms with Gasteiger partial charge in [0.25, 0.3) is 0 Å². The fourth-order valence-corrected chi connectivity index (χ4v) is 3.02. The molecule has 0 rings (SSSR count). The summed E-state index contributed by atoms with van der Waals surface area (Å²) in [6.07, 6.45) is 14.2. The number of carbonyl (C=O) groups is 2. The second kappa shape index (κ2) is 16.2. The first-order chi connectivity index (χ1) is 11.1. The molecule has 0 radical (unpaired) electrons. The number of hydrogen-bond donors (Lipinski definition) is 2. The van der Waals surface area contributed by atoms with Gasteiger partial charge in [0.1, 0.15) is 4.32 Å². The molecule has 6 heteroatoms. The second-order valence-electron chi connectivity index (χ2n) is 5.80. The van der Waals surface area contributed by atoms with Crippen molar-refractivity contribution in [2.45, 2.75) is 84.0 Å². The molecule has 0 aliphatic rings. The molecule has 0 unspecified atom stereocenters. The maximum Gasteiger partial charge on any atom is 0.313 e. The quantitative estimate of drug-likeness (QED) is 0.340. The van der Waals surface area contributed by atoms with Gasteiger partial charge < -0.3 is 10.4 Å². The zero-order valence-electron chi connectivity index (χ0n) is 14.3. The summed E-state index contributed by atoms with van der Waals surface area (Å²) in [7, 11) is 0. The molecule has 0 saturated heterocycles. The monoisotopic (exact) mass is 361 g/mol. The van der Waals surface area contributed by atoms with Crippen molar-refractivity contribution in [3.05, 3.63) is 0 Å². The minimum Gasteiger partial charge on any atom is -0.481 e. The Labute approximate surface area is 150 Å². The first kappa shape index (κ1) is 22.4. The smallest absolute Gasteiger partial charge is 0.313 e. The summed E-state index contributed by atoms with van der Waals surface area (Å²) in [6, 6.07) is 0. The Morgan fingerprint density at radius 1 is 0.913 bits per heavy atom. The molecule has 0 atom stereocenters. The van der Waals surface area contributed by atoms with Gasteiger partial charge in [-0.05, 0) is 6.42 Å². The van der Waals surface area contributed by atoms with Gasteiger partial charge in [0.05, 0.1) is 5.75 Å². The third-order valence-corrected chi connectivity index (χ3v) is 4.79. The average molecular weight is 362 g/mol. The summed E-state index contributed by atoms with van der Waals surface area (Å²) in [5.41, 5.74) is 0. The molecule has 134 valence electrons. The van der Waals surface area contributed by atoms with E-state index in [4.69, 9.17) is 17.3 Å². The second-order valence-corrected chi connectivity index (χ2v) is 7.46. The summed E-state index contributed by atoms with van der Waals surface area (Å²) < 4.78 is 0.250. The zero-order chi connectivity index (χ0) is 17.3. The van der Waals surface area contributed by atoms with Gasteiger partial charge in [0, 0.05) is 6.42 Å². The molecular weight excluding hydrogens is 330 g/mol. The molecule has 0 saturated carbocycles. The predicted octanol–water partition coefficient (Wildman–Crippen LogP) is 4.91. The van der Waals surface area contributed by atoms with Crippen molar-refractivity contribution in [1.82, 2.24) is 5.32 Å². The third kappa shape index (κ3) is 17.6. The van der Waals surface area contributed by atoms with Crippen LogP contribution in [0.25, 0.3) is 0 Å². The van der Waals surface area contributed by atoms with Crippen LogP contribution in [-0.4, -0.2) is 27.1 Å². The predicted molar refractivity (Wildman–Crippen MR) is 102 cm³/mol. The molecule has 0 aliphatic carbocycles. The molecule has 23 heavy (non-hydrogen) atoms. The molecule has 0 bridgehead atoms. The van der Waals surface area contributed by atoms with E-state index in [-0.39, 0.29) is 16.0 Å². The Hall–Kier alpha value is -0.620. The highest BCUT2D eigenvalue weighted by Crippen LogP contribution is 2.12. The lowest BCUT2D eigenvalue weighted by atomic mass is 10.1. The number of amides is 1. The molecule has 2 N–H and O–H groups in total. The van der Waals surface area contributed by atoms with Gasteiger partial charge >= 0.3 is 5.97 Å². The van der Waals surface area contributed by atoms with Crippen molar-refractivity contribution >= 4 is 40.2 Å². The molecule has 0 spiro atoms. The van der Waals surface area contributed by atoms with Crippen LogP contribution in [0.15, 0.2) is 0 Å². The van der Waals surface area contributed by atoms with Gasteiger partial charge in [-0.25, -0.2) is 0 Å². The van der Waals surface area contributed by atoms with E-state index in [1.807, 2.05) is 0 Å². The number of rotatable bonds is 14. The summed E-state index contributed by atoms with van der Waals surface area (Å²) in [6.45, 7) is 2.24. The molecule has 0 heterocycles. The SMILES string of the molecule is CCCCCCCCCCCCCC(=O)NC(=S)SCC(=O)O. The van der Waals surface area contributed by atoms with Crippen LogP contribution in [0.1, 0.15) is 84.0 Å². The summed E-state index contributed by atoms with van der Waals surface area (Å²) in [5.74, 6) is -1.15. The number of hydrogen-bond acceptors (Lipinski definition) is 4. The van der Waals surface area contributed by atoms with Crippen molar-refractivity contribution in [3.8, 4) is 0 Å². The standard InChI is InChI=1S/C17H31NO3S2/c1-2-3-4-5-6-7-8-9-10-11-12-13-15(19)18-17(22)23-14-16(20)21/h2-14H2,1H3,(H,20,21)(H,18,19,22). The maximum absolute atomic E-state index is 11.6.